The maximum atomic E-state index is 12.6. The lowest BCUT2D eigenvalue weighted by Gasteiger charge is -2.30. The zero-order valence-corrected chi connectivity index (χ0v) is 15.4. The van der Waals surface area contributed by atoms with Crippen molar-refractivity contribution in [3.63, 3.8) is 0 Å². The number of nitrogens with zero attached hydrogens (tertiary/aromatic N) is 2. The number of amides is 2. The molecule has 0 radical (unpaired) electrons. The minimum atomic E-state index is -0.963. The number of nitrogens with one attached hydrogen (secondary N) is 1. The summed E-state index contributed by atoms with van der Waals surface area (Å²) in [5, 5.41) is 23.7. The van der Waals surface area contributed by atoms with Gasteiger partial charge in [0.2, 0.25) is 5.75 Å². The minimum absolute atomic E-state index is 0.109. The molecule has 1 aliphatic rings. The van der Waals surface area contributed by atoms with Crippen LogP contribution in [0.25, 0.3) is 0 Å². The molecular weight excluding hydrogens is 358 g/mol. The summed E-state index contributed by atoms with van der Waals surface area (Å²) in [5.41, 5.74) is -0.161. The van der Waals surface area contributed by atoms with Crippen LogP contribution in [-0.2, 0) is 9.53 Å². The molecule has 146 valence electrons. The molecule has 1 aromatic carbocycles. The van der Waals surface area contributed by atoms with Gasteiger partial charge in [-0.3, -0.25) is 14.9 Å². The van der Waals surface area contributed by atoms with E-state index in [0.717, 1.165) is 6.07 Å². The lowest BCUT2D eigenvalue weighted by molar-refractivity contribution is -0.386. The molecule has 27 heavy (non-hydrogen) atoms. The van der Waals surface area contributed by atoms with Crippen LogP contribution in [0.15, 0.2) is 17.1 Å². The highest BCUT2D eigenvalue weighted by Crippen LogP contribution is 2.40. The Morgan fingerprint density at radius 2 is 2.11 bits per heavy atom. The zero-order valence-electron chi connectivity index (χ0n) is 15.4. The monoisotopic (exact) mass is 379 g/mol. The van der Waals surface area contributed by atoms with Crippen LogP contribution in [0.1, 0.15) is 32.4 Å². The van der Waals surface area contributed by atoms with Crippen molar-refractivity contribution in [3.05, 3.63) is 27.8 Å². The van der Waals surface area contributed by atoms with Gasteiger partial charge in [-0.15, -0.1) is 0 Å². The summed E-state index contributed by atoms with van der Waals surface area (Å²) in [6.45, 7) is 5.45. The van der Waals surface area contributed by atoms with E-state index in [0.29, 0.717) is 0 Å². The number of ether oxygens (including phenoxy) is 2. The maximum Gasteiger partial charge on any atom is 0.341 e. The second-order valence-corrected chi connectivity index (χ2v) is 6.53. The predicted octanol–water partition coefficient (Wildman–Crippen LogP) is 2.35. The predicted molar refractivity (Wildman–Crippen MR) is 95.0 cm³/mol. The van der Waals surface area contributed by atoms with E-state index in [1.54, 1.807) is 0 Å². The maximum absolute atomic E-state index is 12.6. The summed E-state index contributed by atoms with van der Waals surface area (Å²) in [7, 11) is 1.24. The van der Waals surface area contributed by atoms with Gasteiger partial charge in [-0.1, -0.05) is 13.8 Å². The van der Waals surface area contributed by atoms with Gasteiger partial charge < -0.3 is 19.9 Å². The summed E-state index contributed by atoms with van der Waals surface area (Å²) in [5.74, 6) is -2.25. The van der Waals surface area contributed by atoms with Crippen LogP contribution in [0.5, 0.6) is 11.5 Å². The molecule has 10 nitrogen and oxygen atoms in total. The standard InChI is InChI=1S/C17H21N3O7/c1-8(2)7-27-16(22)13-9(3)18-17(23)19-14(13)10-5-11(20(24)25)15(21)12(6-10)26-4/h5-6,8,13-14,21H,7H2,1-4H3,(H,19,23). The molecule has 0 fully saturated rings. The van der Waals surface area contributed by atoms with E-state index >= 15 is 0 Å². The second-order valence-electron chi connectivity index (χ2n) is 6.53. The molecule has 0 aromatic heterocycles. The van der Waals surface area contributed by atoms with E-state index < -0.39 is 40.3 Å². The van der Waals surface area contributed by atoms with E-state index in [4.69, 9.17) is 9.47 Å². The average Bonchev–Trinajstić information content (AvgIpc) is 2.58. The molecule has 1 heterocycles. The van der Waals surface area contributed by atoms with E-state index in [2.05, 4.69) is 10.3 Å². The van der Waals surface area contributed by atoms with Crippen molar-refractivity contribution in [2.45, 2.75) is 26.8 Å². The molecule has 2 atom stereocenters. The van der Waals surface area contributed by atoms with Crippen molar-refractivity contribution in [3.8, 4) is 11.5 Å². The minimum Gasteiger partial charge on any atom is -0.500 e. The van der Waals surface area contributed by atoms with E-state index in [9.17, 15) is 24.8 Å². The highest BCUT2D eigenvalue weighted by molar-refractivity contribution is 6.08. The zero-order chi connectivity index (χ0) is 20.3. The molecule has 2 unspecified atom stereocenters. The van der Waals surface area contributed by atoms with E-state index in [1.165, 1.54) is 20.1 Å². The fourth-order valence-corrected chi connectivity index (χ4v) is 2.73. The molecule has 2 N–H and O–H groups in total. The molecule has 10 heteroatoms. The Labute approximate surface area is 155 Å². The first kappa shape index (κ1) is 20.1. The van der Waals surface area contributed by atoms with Crippen LogP contribution < -0.4 is 10.1 Å². The van der Waals surface area contributed by atoms with E-state index in [-0.39, 0.29) is 29.5 Å². The molecule has 2 rings (SSSR count). The smallest absolute Gasteiger partial charge is 0.341 e. The average molecular weight is 379 g/mol. The number of aliphatic imine (C=N–C) groups is 1. The van der Waals surface area contributed by atoms with Crippen LogP contribution in [-0.4, -0.2) is 41.5 Å². The number of aromatic hydroxyl groups is 1. The van der Waals surface area contributed by atoms with Crippen molar-refractivity contribution in [2.24, 2.45) is 16.8 Å². The second kappa shape index (κ2) is 8.02. The van der Waals surface area contributed by atoms with Crippen molar-refractivity contribution >= 4 is 23.4 Å². The number of hydrogen-bond acceptors (Lipinski definition) is 7. The third-order valence-electron chi connectivity index (χ3n) is 4.01. The Morgan fingerprint density at radius 1 is 1.44 bits per heavy atom. The highest BCUT2D eigenvalue weighted by Gasteiger charge is 2.39. The molecule has 0 bridgehead atoms. The molecule has 1 aliphatic heterocycles. The number of phenols is 1. The van der Waals surface area contributed by atoms with Crippen molar-refractivity contribution in [1.29, 1.82) is 0 Å². The molecule has 0 spiro atoms. The van der Waals surface area contributed by atoms with Crippen LogP contribution in [0.4, 0.5) is 10.5 Å². The number of benzene rings is 1. The van der Waals surface area contributed by atoms with Crippen molar-refractivity contribution in [1.82, 2.24) is 5.32 Å². The molecular formula is C17H21N3O7. The molecule has 0 saturated heterocycles. The number of urea groups is 1. The van der Waals surface area contributed by atoms with Crippen LogP contribution in [0.2, 0.25) is 0 Å². The first-order chi connectivity index (χ1) is 12.6. The van der Waals surface area contributed by atoms with Crippen LogP contribution in [0.3, 0.4) is 0 Å². The van der Waals surface area contributed by atoms with Crippen LogP contribution in [0, 0.1) is 22.0 Å². The summed E-state index contributed by atoms with van der Waals surface area (Å²) in [6.07, 6.45) is 0. The Hall–Kier alpha value is -3.17. The molecule has 0 aliphatic carbocycles. The summed E-state index contributed by atoms with van der Waals surface area (Å²) < 4.78 is 10.3. The molecule has 1 aromatic rings. The lowest BCUT2D eigenvalue weighted by Crippen LogP contribution is -2.44. The number of nitro benzene ring substituents is 1. The number of carbonyl (C=O) groups excluding carboxylic acids is 2. The van der Waals surface area contributed by atoms with Gasteiger partial charge in [-0.05, 0) is 24.5 Å². The summed E-state index contributed by atoms with van der Waals surface area (Å²) in [6, 6.07) is 0.779. The fraction of sp³-hybridized carbons (Fsp3) is 0.471. The third kappa shape index (κ3) is 4.33. The van der Waals surface area contributed by atoms with Gasteiger partial charge in [0.05, 0.1) is 24.7 Å². The topological polar surface area (TPSA) is 140 Å². The van der Waals surface area contributed by atoms with Gasteiger partial charge in [-0.2, -0.15) is 0 Å². The number of nitro groups is 1. The Bertz CT molecular complexity index is 804. The van der Waals surface area contributed by atoms with Gasteiger partial charge in [0.1, 0.15) is 5.92 Å². The van der Waals surface area contributed by atoms with Gasteiger partial charge in [-0.25, -0.2) is 9.79 Å². The Balaban J connectivity index is 2.51. The van der Waals surface area contributed by atoms with Crippen molar-refractivity contribution in [2.75, 3.05) is 13.7 Å². The van der Waals surface area contributed by atoms with Gasteiger partial charge in [0.25, 0.3) is 0 Å². The van der Waals surface area contributed by atoms with E-state index in [1.807, 2.05) is 13.8 Å². The number of phenolic OH excluding ortho intramolecular Hbond substituents is 1. The highest BCUT2D eigenvalue weighted by atomic mass is 16.6. The molecule has 2 amide bonds. The molecule has 0 saturated carbocycles. The van der Waals surface area contributed by atoms with Gasteiger partial charge in [0, 0.05) is 11.8 Å². The van der Waals surface area contributed by atoms with Gasteiger partial charge >= 0.3 is 17.7 Å². The van der Waals surface area contributed by atoms with Crippen molar-refractivity contribution < 1.29 is 29.1 Å². The van der Waals surface area contributed by atoms with Crippen LogP contribution >= 0.6 is 0 Å². The SMILES string of the molecule is COc1cc(C2NC(=O)N=C(C)C2C(=O)OCC(C)C)cc([N+](=O)[O-])c1O. The van der Waals surface area contributed by atoms with Gasteiger partial charge in [0.15, 0.2) is 5.75 Å². The first-order valence-corrected chi connectivity index (χ1v) is 8.23. The number of methoxy groups -OCH3 is 1. The fourth-order valence-electron chi connectivity index (χ4n) is 2.73. The first-order valence-electron chi connectivity index (χ1n) is 8.23. The summed E-state index contributed by atoms with van der Waals surface area (Å²) >= 11 is 0. The number of carbonyl (C=O) groups is 2. The number of rotatable bonds is 6. The third-order valence-corrected chi connectivity index (χ3v) is 4.01. The largest absolute Gasteiger partial charge is 0.500 e. The quantitative estimate of drug-likeness (QED) is 0.439. The number of hydrogen-bond donors (Lipinski definition) is 2. The normalized spacial score (nSPS) is 19.3. The Kier molecular flexibility index (Phi) is 5.98. The Morgan fingerprint density at radius 3 is 2.67 bits per heavy atom. The lowest BCUT2D eigenvalue weighted by atomic mass is 9.88. The summed E-state index contributed by atoms with van der Waals surface area (Å²) in [4.78, 5) is 38.7. The number of esters is 1.